The van der Waals surface area contributed by atoms with Crippen molar-refractivity contribution >= 4 is 8.32 Å². The van der Waals surface area contributed by atoms with Crippen molar-refractivity contribution in [3.8, 4) is 11.8 Å². The Kier molecular flexibility index (Phi) is 6.60. The van der Waals surface area contributed by atoms with Gasteiger partial charge in [0.15, 0.2) is 8.32 Å². The van der Waals surface area contributed by atoms with Gasteiger partial charge in [-0.25, -0.2) is 0 Å². The molecule has 0 radical (unpaired) electrons. The van der Waals surface area contributed by atoms with Gasteiger partial charge in [-0.1, -0.05) is 17.9 Å². The van der Waals surface area contributed by atoms with Gasteiger partial charge in [-0.3, -0.25) is 0 Å². The Labute approximate surface area is 82.1 Å². The summed E-state index contributed by atoms with van der Waals surface area (Å²) in [5.41, 5.74) is 0. The van der Waals surface area contributed by atoms with Crippen LogP contribution in [0.1, 0.15) is 0 Å². The summed E-state index contributed by atoms with van der Waals surface area (Å²) in [6, 6.07) is 0. The summed E-state index contributed by atoms with van der Waals surface area (Å²) >= 11 is 0. The molecule has 0 bridgehead atoms. The molecule has 0 aliphatic carbocycles. The summed E-state index contributed by atoms with van der Waals surface area (Å²) < 4.78 is 10.6. The van der Waals surface area contributed by atoms with Crippen LogP contribution in [0.25, 0.3) is 0 Å². The predicted molar refractivity (Wildman–Crippen MR) is 58.1 cm³/mol. The Morgan fingerprint density at radius 3 is 2.38 bits per heavy atom. The molecule has 0 rings (SSSR count). The van der Waals surface area contributed by atoms with Gasteiger partial charge in [0.25, 0.3) is 0 Å². The molecule has 0 unspecified atom stereocenters. The zero-order chi connectivity index (χ0) is 10.2. The van der Waals surface area contributed by atoms with Crippen molar-refractivity contribution in [3.63, 3.8) is 0 Å². The molecule has 0 amide bonds. The van der Waals surface area contributed by atoms with Gasteiger partial charge in [0.1, 0.15) is 6.61 Å². The maximum atomic E-state index is 5.53. The van der Waals surface area contributed by atoms with Crippen molar-refractivity contribution in [2.45, 2.75) is 19.6 Å². The van der Waals surface area contributed by atoms with Gasteiger partial charge in [0.05, 0.1) is 13.2 Å². The van der Waals surface area contributed by atoms with E-state index in [0.29, 0.717) is 19.8 Å². The fraction of sp³-hybridized carbons (Fsp3) is 0.600. The molecule has 0 fully saturated rings. The van der Waals surface area contributed by atoms with E-state index in [1.165, 1.54) is 0 Å². The summed E-state index contributed by atoms with van der Waals surface area (Å²) in [6.45, 7) is 11.5. The van der Waals surface area contributed by atoms with E-state index in [1.54, 1.807) is 6.08 Å². The zero-order valence-corrected chi connectivity index (χ0v) is 9.72. The largest absolute Gasteiger partial charge is 0.407 e. The topological polar surface area (TPSA) is 18.5 Å². The fourth-order valence-corrected chi connectivity index (χ4v) is 1.05. The summed E-state index contributed by atoms with van der Waals surface area (Å²) in [7, 11) is -1.39. The smallest absolute Gasteiger partial charge is 0.185 e. The molecule has 3 heteroatoms. The Hall–Kier alpha value is -0.563. The van der Waals surface area contributed by atoms with Crippen LogP contribution < -0.4 is 0 Å². The monoisotopic (exact) mass is 198 g/mol. The molecule has 2 nitrogen and oxygen atoms in total. The number of hydrogen-bond acceptors (Lipinski definition) is 2. The Balaban J connectivity index is 3.35. The minimum absolute atomic E-state index is 0.459. The molecular formula is C10H18O2Si. The summed E-state index contributed by atoms with van der Waals surface area (Å²) in [5.74, 6) is 5.77. The van der Waals surface area contributed by atoms with E-state index in [4.69, 9.17) is 9.16 Å². The van der Waals surface area contributed by atoms with Crippen LogP contribution in [0.3, 0.4) is 0 Å². The molecule has 0 saturated heterocycles. The van der Waals surface area contributed by atoms with E-state index in [0.717, 1.165) is 0 Å². The Morgan fingerprint density at radius 2 is 1.85 bits per heavy atom. The molecule has 13 heavy (non-hydrogen) atoms. The van der Waals surface area contributed by atoms with Crippen LogP contribution >= 0.6 is 0 Å². The van der Waals surface area contributed by atoms with Crippen molar-refractivity contribution in [2.24, 2.45) is 0 Å². The number of rotatable bonds is 5. The quantitative estimate of drug-likeness (QED) is 0.291. The minimum atomic E-state index is -1.39. The number of hydrogen-bond donors (Lipinski definition) is 0. The van der Waals surface area contributed by atoms with Gasteiger partial charge in [0.2, 0.25) is 0 Å². The molecule has 0 aromatic rings. The molecule has 0 aromatic carbocycles. The van der Waals surface area contributed by atoms with E-state index in [2.05, 4.69) is 38.1 Å². The average molecular weight is 198 g/mol. The van der Waals surface area contributed by atoms with E-state index in [1.807, 2.05) is 0 Å². The third-order valence-corrected chi connectivity index (χ3v) is 2.12. The van der Waals surface area contributed by atoms with E-state index < -0.39 is 8.32 Å². The first-order chi connectivity index (χ1) is 6.06. The highest BCUT2D eigenvalue weighted by molar-refractivity contribution is 6.69. The van der Waals surface area contributed by atoms with Crippen LogP contribution in [-0.4, -0.2) is 28.1 Å². The van der Waals surface area contributed by atoms with Crippen molar-refractivity contribution in [1.82, 2.24) is 0 Å². The maximum absolute atomic E-state index is 5.53. The second-order valence-electron chi connectivity index (χ2n) is 3.56. The molecule has 0 heterocycles. The molecule has 0 spiro atoms. The molecular weight excluding hydrogens is 180 g/mol. The second-order valence-corrected chi connectivity index (χ2v) is 8.07. The lowest BCUT2D eigenvalue weighted by Crippen LogP contribution is -2.25. The van der Waals surface area contributed by atoms with Gasteiger partial charge in [-0.2, -0.15) is 0 Å². The zero-order valence-electron chi connectivity index (χ0n) is 8.72. The summed E-state index contributed by atoms with van der Waals surface area (Å²) in [5, 5.41) is 0. The van der Waals surface area contributed by atoms with Crippen LogP contribution in [0.4, 0.5) is 0 Å². The summed E-state index contributed by atoms with van der Waals surface area (Å²) in [6.07, 6.45) is 1.71. The minimum Gasteiger partial charge on any atom is -0.407 e. The van der Waals surface area contributed by atoms with Crippen molar-refractivity contribution in [3.05, 3.63) is 12.7 Å². The van der Waals surface area contributed by atoms with Gasteiger partial charge < -0.3 is 9.16 Å². The SMILES string of the molecule is C=CCOCC#CCO[Si](C)(C)C. The lowest BCUT2D eigenvalue weighted by molar-refractivity contribution is 0.199. The second kappa shape index (κ2) is 6.90. The lowest BCUT2D eigenvalue weighted by Gasteiger charge is -2.13. The van der Waals surface area contributed by atoms with Gasteiger partial charge in [0, 0.05) is 0 Å². The van der Waals surface area contributed by atoms with Crippen LogP contribution in [-0.2, 0) is 9.16 Å². The molecule has 0 aromatic heterocycles. The van der Waals surface area contributed by atoms with Gasteiger partial charge >= 0.3 is 0 Å². The van der Waals surface area contributed by atoms with Crippen LogP contribution in [0.15, 0.2) is 12.7 Å². The molecule has 0 N–H and O–H groups in total. The first-order valence-electron chi connectivity index (χ1n) is 4.34. The lowest BCUT2D eigenvalue weighted by atomic mass is 10.6. The fourth-order valence-electron chi connectivity index (χ4n) is 0.548. The molecule has 0 atom stereocenters. The van der Waals surface area contributed by atoms with E-state index >= 15 is 0 Å². The van der Waals surface area contributed by atoms with Crippen molar-refractivity contribution in [1.29, 1.82) is 0 Å². The highest BCUT2D eigenvalue weighted by Gasteiger charge is 2.12. The highest BCUT2D eigenvalue weighted by Crippen LogP contribution is 2.00. The van der Waals surface area contributed by atoms with E-state index in [9.17, 15) is 0 Å². The molecule has 74 valence electrons. The Bertz CT molecular complexity index is 195. The van der Waals surface area contributed by atoms with Gasteiger partial charge in [-0.05, 0) is 19.6 Å². The average Bonchev–Trinajstić information content (AvgIpc) is 2.01. The molecule has 0 aliphatic rings. The molecule has 0 saturated carbocycles. The summed E-state index contributed by atoms with van der Waals surface area (Å²) in [4.78, 5) is 0. The number of ether oxygens (including phenoxy) is 1. The van der Waals surface area contributed by atoms with Crippen molar-refractivity contribution in [2.75, 3.05) is 19.8 Å². The molecule has 0 aliphatic heterocycles. The maximum Gasteiger partial charge on any atom is 0.185 e. The first kappa shape index (κ1) is 12.4. The Morgan fingerprint density at radius 1 is 1.23 bits per heavy atom. The normalized spacial score (nSPS) is 10.4. The predicted octanol–water partition coefficient (Wildman–Crippen LogP) is 2.04. The van der Waals surface area contributed by atoms with Gasteiger partial charge in [-0.15, -0.1) is 6.58 Å². The third kappa shape index (κ3) is 11.4. The standard InChI is InChI=1S/C10H18O2Si/c1-5-8-11-9-6-7-10-12-13(2,3)4/h5H,1,8-10H2,2-4H3. The van der Waals surface area contributed by atoms with Crippen LogP contribution in [0.2, 0.25) is 19.6 Å². The first-order valence-corrected chi connectivity index (χ1v) is 7.75. The third-order valence-electron chi connectivity index (χ3n) is 1.11. The van der Waals surface area contributed by atoms with Crippen molar-refractivity contribution < 1.29 is 9.16 Å². The van der Waals surface area contributed by atoms with Crippen LogP contribution in [0, 0.1) is 11.8 Å². The van der Waals surface area contributed by atoms with Crippen LogP contribution in [0.5, 0.6) is 0 Å². The highest BCUT2D eigenvalue weighted by atomic mass is 28.4. The van der Waals surface area contributed by atoms with E-state index in [-0.39, 0.29) is 0 Å².